The van der Waals surface area contributed by atoms with Crippen molar-refractivity contribution >= 4 is 28.9 Å². The average Bonchev–Trinajstić information content (AvgIpc) is 2.85. The zero-order chi connectivity index (χ0) is 23.0. The second kappa shape index (κ2) is 10.8. The Balaban J connectivity index is 1.41. The molecule has 1 saturated heterocycles. The van der Waals surface area contributed by atoms with E-state index in [1.807, 2.05) is 42.5 Å². The Morgan fingerprint density at radius 2 is 1.79 bits per heavy atom. The van der Waals surface area contributed by atoms with Crippen molar-refractivity contribution in [2.24, 2.45) is 5.73 Å². The minimum absolute atomic E-state index is 0.200. The molecule has 4 N–H and O–H groups in total. The maximum atomic E-state index is 11.5. The smallest absolute Gasteiger partial charge is 0.242 e. The molecule has 2 heterocycles. The number of benzene rings is 2. The summed E-state index contributed by atoms with van der Waals surface area (Å²) in [5.74, 6) is 0.0492. The molecule has 9 heteroatoms. The van der Waals surface area contributed by atoms with Gasteiger partial charge in [0.1, 0.15) is 6.04 Å². The number of methoxy groups -OCH3 is 1. The fraction of sp³-hybridized carbons (Fsp3) is 0.292. The highest BCUT2D eigenvalue weighted by atomic mass is 16.5. The molecule has 4 rings (SSSR count). The summed E-state index contributed by atoms with van der Waals surface area (Å²) in [7, 11) is 1.53. The molecule has 1 aliphatic heterocycles. The van der Waals surface area contributed by atoms with Crippen LogP contribution in [-0.4, -0.2) is 61.9 Å². The lowest BCUT2D eigenvalue weighted by atomic mass is 10.1. The Morgan fingerprint density at radius 1 is 1.09 bits per heavy atom. The van der Waals surface area contributed by atoms with E-state index in [0.29, 0.717) is 5.95 Å². The van der Waals surface area contributed by atoms with Crippen LogP contribution in [0.2, 0.25) is 0 Å². The van der Waals surface area contributed by atoms with Crippen LogP contribution < -0.4 is 21.3 Å². The van der Waals surface area contributed by atoms with Crippen LogP contribution in [0.25, 0.3) is 11.3 Å². The predicted molar refractivity (Wildman–Crippen MR) is 129 cm³/mol. The number of nitrogens with one attached hydrogen (secondary N) is 2. The number of primary amides is 1. The zero-order valence-corrected chi connectivity index (χ0v) is 18.5. The Bertz CT molecular complexity index is 1050. The van der Waals surface area contributed by atoms with Crippen LogP contribution in [0.15, 0.2) is 60.8 Å². The summed E-state index contributed by atoms with van der Waals surface area (Å²) in [4.78, 5) is 22.8. The molecular weight excluding hydrogens is 420 g/mol. The predicted octanol–water partition coefficient (Wildman–Crippen LogP) is 2.64. The van der Waals surface area contributed by atoms with Crippen LogP contribution in [0.3, 0.4) is 0 Å². The standard InChI is InChI=1S/C24H28N6O3/c1-32-16-22(23(25)31)27-18-4-2-17(3-5-18)21-10-11-26-24(29-21)28-19-6-8-20(9-7-19)30-12-14-33-15-13-30/h2-11,22,27H,12-16H2,1H3,(H2,25,31)(H,26,28,29)/t22-/m1/s1. The molecule has 1 fully saturated rings. The minimum atomic E-state index is -0.592. The van der Waals surface area contributed by atoms with Gasteiger partial charge in [-0.2, -0.15) is 0 Å². The van der Waals surface area contributed by atoms with Gasteiger partial charge in [-0.1, -0.05) is 12.1 Å². The van der Waals surface area contributed by atoms with Gasteiger partial charge in [-0.3, -0.25) is 4.79 Å². The van der Waals surface area contributed by atoms with Gasteiger partial charge in [0.15, 0.2) is 0 Å². The summed E-state index contributed by atoms with van der Waals surface area (Å²) < 4.78 is 10.5. The highest BCUT2D eigenvalue weighted by molar-refractivity contribution is 5.83. The Morgan fingerprint density at radius 3 is 2.45 bits per heavy atom. The van der Waals surface area contributed by atoms with Gasteiger partial charge in [-0.15, -0.1) is 0 Å². The van der Waals surface area contributed by atoms with Crippen LogP contribution in [0.1, 0.15) is 0 Å². The Labute approximate surface area is 192 Å². The van der Waals surface area contributed by atoms with E-state index in [0.717, 1.165) is 48.9 Å². The lowest BCUT2D eigenvalue weighted by Gasteiger charge is -2.28. The van der Waals surface area contributed by atoms with Gasteiger partial charge in [-0.25, -0.2) is 9.97 Å². The minimum Gasteiger partial charge on any atom is -0.382 e. The molecule has 0 spiro atoms. The van der Waals surface area contributed by atoms with E-state index in [1.54, 1.807) is 6.20 Å². The number of aromatic nitrogens is 2. The molecule has 1 aromatic heterocycles. The van der Waals surface area contributed by atoms with Gasteiger partial charge in [0, 0.05) is 49.0 Å². The number of hydrogen-bond acceptors (Lipinski definition) is 8. The molecule has 0 aliphatic carbocycles. The number of amides is 1. The van der Waals surface area contributed by atoms with Crippen molar-refractivity contribution in [2.45, 2.75) is 6.04 Å². The molecule has 2 aromatic carbocycles. The second-order valence-electron chi connectivity index (χ2n) is 7.67. The average molecular weight is 449 g/mol. The fourth-order valence-corrected chi connectivity index (χ4v) is 3.59. The van der Waals surface area contributed by atoms with E-state index in [4.69, 9.17) is 15.2 Å². The van der Waals surface area contributed by atoms with Crippen molar-refractivity contribution in [1.29, 1.82) is 0 Å². The van der Waals surface area contributed by atoms with Crippen LogP contribution in [-0.2, 0) is 14.3 Å². The van der Waals surface area contributed by atoms with Gasteiger partial charge in [0.2, 0.25) is 11.9 Å². The Kier molecular flexibility index (Phi) is 7.33. The van der Waals surface area contributed by atoms with Crippen molar-refractivity contribution < 1.29 is 14.3 Å². The summed E-state index contributed by atoms with van der Waals surface area (Å²) in [6.45, 7) is 3.53. The van der Waals surface area contributed by atoms with Crippen LogP contribution in [0.4, 0.5) is 23.0 Å². The molecule has 0 saturated carbocycles. The fourth-order valence-electron chi connectivity index (χ4n) is 3.59. The topological polar surface area (TPSA) is 115 Å². The molecule has 1 atom stereocenters. The summed E-state index contributed by atoms with van der Waals surface area (Å²) in [6, 6.07) is 17.1. The zero-order valence-electron chi connectivity index (χ0n) is 18.5. The van der Waals surface area contributed by atoms with E-state index in [9.17, 15) is 4.79 Å². The van der Waals surface area contributed by atoms with Crippen molar-refractivity contribution in [3.63, 3.8) is 0 Å². The number of anilines is 4. The molecule has 0 bridgehead atoms. The van der Waals surface area contributed by atoms with E-state index in [1.165, 1.54) is 12.8 Å². The molecule has 3 aromatic rings. The monoisotopic (exact) mass is 448 g/mol. The third-order valence-corrected chi connectivity index (χ3v) is 5.35. The van der Waals surface area contributed by atoms with Crippen LogP contribution in [0.5, 0.6) is 0 Å². The van der Waals surface area contributed by atoms with Crippen LogP contribution in [0, 0.1) is 0 Å². The number of nitrogens with zero attached hydrogens (tertiary/aromatic N) is 3. The van der Waals surface area contributed by atoms with Crippen LogP contribution >= 0.6 is 0 Å². The summed E-state index contributed by atoms with van der Waals surface area (Å²) in [5.41, 5.74) is 9.98. The molecular formula is C24H28N6O3. The first-order valence-electron chi connectivity index (χ1n) is 10.8. The normalized spacial score (nSPS) is 14.5. The number of carbonyl (C=O) groups is 1. The Hall–Kier alpha value is -3.69. The number of rotatable bonds is 9. The maximum absolute atomic E-state index is 11.5. The van der Waals surface area contributed by atoms with Gasteiger partial charge in [0.05, 0.1) is 25.5 Å². The van der Waals surface area contributed by atoms with Gasteiger partial charge in [0.25, 0.3) is 0 Å². The molecule has 1 amide bonds. The van der Waals surface area contributed by atoms with Crippen molar-refractivity contribution in [1.82, 2.24) is 9.97 Å². The summed E-state index contributed by atoms with van der Waals surface area (Å²) in [5, 5.41) is 6.34. The second-order valence-corrected chi connectivity index (χ2v) is 7.67. The van der Waals surface area contributed by atoms with Gasteiger partial charge in [-0.05, 0) is 42.5 Å². The third-order valence-electron chi connectivity index (χ3n) is 5.35. The molecule has 9 nitrogen and oxygen atoms in total. The molecule has 0 unspecified atom stereocenters. The number of ether oxygens (including phenoxy) is 2. The van der Waals surface area contributed by atoms with Crippen molar-refractivity contribution in [2.75, 3.05) is 55.6 Å². The third kappa shape index (κ3) is 5.97. The van der Waals surface area contributed by atoms with E-state index in [-0.39, 0.29) is 6.61 Å². The highest BCUT2D eigenvalue weighted by Gasteiger charge is 2.15. The number of nitrogens with two attached hydrogens (primary N) is 1. The van der Waals surface area contributed by atoms with E-state index in [2.05, 4.69) is 37.6 Å². The highest BCUT2D eigenvalue weighted by Crippen LogP contribution is 2.23. The SMILES string of the molecule is COC[C@@H](Nc1ccc(-c2ccnc(Nc3ccc(N4CCOCC4)cc3)n2)cc1)C(N)=O. The van der Waals surface area contributed by atoms with Gasteiger partial charge < -0.3 is 30.7 Å². The molecule has 33 heavy (non-hydrogen) atoms. The largest absolute Gasteiger partial charge is 0.382 e. The van der Waals surface area contributed by atoms with E-state index >= 15 is 0 Å². The first-order valence-corrected chi connectivity index (χ1v) is 10.8. The number of carbonyl (C=O) groups excluding carboxylic acids is 1. The van der Waals surface area contributed by atoms with Crippen molar-refractivity contribution in [3.8, 4) is 11.3 Å². The summed E-state index contributed by atoms with van der Waals surface area (Å²) >= 11 is 0. The lowest BCUT2D eigenvalue weighted by Crippen LogP contribution is -2.38. The van der Waals surface area contributed by atoms with Crippen molar-refractivity contribution in [3.05, 3.63) is 60.8 Å². The molecule has 0 radical (unpaired) electrons. The lowest BCUT2D eigenvalue weighted by molar-refractivity contribution is -0.119. The quantitative estimate of drug-likeness (QED) is 0.458. The first-order chi connectivity index (χ1) is 16.1. The summed E-state index contributed by atoms with van der Waals surface area (Å²) in [6.07, 6.45) is 1.72. The molecule has 172 valence electrons. The van der Waals surface area contributed by atoms with E-state index < -0.39 is 11.9 Å². The number of hydrogen-bond donors (Lipinski definition) is 3. The van der Waals surface area contributed by atoms with Gasteiger partial charge >= 0.3 is 0 Å². The first kappa shape index (κ1) is 22.5. The molecule has 1 aliphatic rings. The number of morpholine rings is 1. The maximum Gasteiger partial charge on any atom is 0.242 e.